The quantitative estimate of drug-likeness (QED) is 0.408. The predicted molar refractivity (Wildman–Crippen MR) is 146 cm³/mol. The minimum Gasteiger partial charge on any atom is -0.392 e. The summed E-state index contributed by atoms with van der Waals surface area (Å²) < 4.78 is 18.6. The number of pyridine rings is 1. The van der Waals surface area contributed by atoms with E-state index in [0.29, 0.717) is 47.0 Å². The van der Waals surface area contributed by atoms with Gasteiger partial charge in [-0.1, -0.05) is 13.8 Å². The van der Waals surface area contributed by atoms with E-state index in [9.17, 15) is 14.7 Å². The molecule has 10 heteroatoms. The standard InChI is InChI=1S/C29H29FN6O3/c1-29(2)12-17-9-24-28(39)36(7-6-35(24)25(17)13-29)23-11-19(30)10-20(21(23)15-37)18-8-22(27(38)34(3)14-18)33-26-4-5-31-16-32-26/h4-5,8-11,14,16,37H,6-7,12-13,15H2,1-3H3,(H,31,32,33). The lowest BCUT2D eigenvalue weighted by Crippen LogP contribution is -2.41. The Morgan fingerprint density at radius 3 is 2.69 bits per heavy atom. The molecular weight excluding hydrogens is 499 g/mol. The number of hydrogen-bond donors (Lipinski definition) is 2. The number of anilines is 3. The number of amides is 1. The number of rotatable bonds is 5. The predicted octanol–water partition coefficient (Wildman–Crippen LogP) is 3.80. The summed E-state index contributed by atoms with van der Waals surface area (Å²) in [5.41, 5.74) is 4.73. The Labute approximate surface area is 224 Å². The monoisotopic (exact) mass is 528 g/mol. The number of nitrogens with one attached hydrogen (secondary N) is 1. The average molecular weight is 529 g/mol. The summed E-state index contributed by atoms with van der Waals surface area (Å²) in [6.07, 6.45) is 6.33. The van der Waals surface area contributed by atoms with E-state index in [2.05, 4.69) is 33.7 Å². The third-order valence-electron chi connectivity index (χ3n) is 7.60. The lowest BCUT2D eigenvalue weighted by molar-refractivity contribution is 0.0963. The Morgan fingerprint density at radius 1 is 1.13 bits per heavy atom. The summed E-state index contributed by atoms with van der Waals surface area (Å²) in [6, 6.07) is 7.80. The molecule has 0 fully saturated rings. The van der Waals surface area contributed by atoms with Crippen LogP contribution in [-0.4, -0.2) is 36.7 Å². The van der Waals surface area contributed by atoms with Crippen molar-refractivity contribution in [1.29, 1.82) is 0 Å². The Bertz CT molecular complexity index is 1670. The van der Waals surface area contributed by atoms with Gasteiger partial charge in [0.1, 0.15) is 29.3 Å². The molecular formula is C29H29FN6O3. The first kappa shape index (κ1) is 25.0. The first-order valence-electron chi connectivity index (χ1n) is 12.9. The van der Waals surface area contributed by atoms with Crippen LogP contribution in [0.3, 0.4) is 0 Å². The van der Waals surface area contributed by atoms with Gasteiger partial charge in [0.15, 0.2) is 0 Å². The fourth-order valence-corrected chi connectivity index (χ4v) is 5.88. The number of aliphatic hydroxyl groups excluding tert-OH is 1. The van der Waals surface area contributed by atoms with Crippen LogP contribution in [0.25, 0.3) is 11.1 Å². The second-order valence-electron chi connectivity index (χ2n) is 11.0. The number of benzene rings is 1. The largest absolute Gasteiger partial charge is 0.392 e. The molecule has 1 amide bonds. The van der Waals surface area contributed by atoms with Crippen molar-refractivity contribution < 1.29 is 14.3 Å². The van der Waals surface area contributed by atoms with Gasteiger partial charge in [0.2, 0.25) is 0 Å². The number of carbonyl (C=O) groups excluding carboxylic acids is 1. The van der Waals surface area contributed by atoms with E-state index in [1.165, 1.54) is 34.3 Å². The third-order valence-corrected chi connectivity index (χ3v) is 7.60. The number of carbonyl (C=O) groups is 1. The van der Waals surface area contributed by atoms with E-state index in [4.69, 9.17) is 0 Å². The molecule has 1 aliphatic carbocycles. The van der Waals surface area contributed by atoms with Crippen LogP contribution in [0.4, 0.5) is 21.6 Å². The lowest BCUT2D eigenvalue weighted by atomic mass is 9.90. The molecule has 2 N–H and O–H groups in total. The summed E-state index contributed by atoms with van der Waals surface area (Å²) >= 11 is 0. The minimum absolute atomic E-state index is 0.172. The maximum Gasteiger partial charge on any atom is 0.274 e. The van der Waals surface area contributed by atoms with Gasteiger partial charge in [0.25, 0.3) is 11.5 Å². The lowest BCUT2D eigenvalue weighted by Gasteiger charge is -2.32. The molecule has 0 atom stereocenters. The number of aromatic nitrogens is 4. The topological polar surface area (TPSA) is 105 Å². The summed E-state index contributed by atoms with van der Waals surface area (Å²) in [7, 11) is 1.60. The van der Waals surface area contributed by atoms with Crippen molar-refractivity contribution >= 4 is 23.1 Å². The smallest absolute Gasteiger partial charge is 0.274 e. The van der Waals surface area contributed by atoms with Crippen LogP contribution in [-0.2, 0) is 33.0 Å². The van der Waals surface area contributed by atoms with Gasteiger partial charge in [0, 0.05) is 49.4 Å². The Hall–Kier alpha value is -4.31. The molecule has 1 aromatic carbocycles. The maximum atomic E-state index is 15.1. The van der Waals surface area contributed by atoms with E-state index < -0.39 is 12.4 Å². The van der Waals surface area contributed by atoms with Gasteiger partial charge < -0.3 is 24.5 Å². The Morgan fingerprint density at radius 2 is 1.95 bits per heavy atom. The number of aryl methyl sites for hydroxylation is 1. The maximum absolute atomic E-state index is 15.1. The minimum atomic E-state index is -0.547. The van der Waals surface area contributed by atoms with E-state index in [-0.39, 0.29) is 22.6 Å². The molecule has 0 radical (unpaired) electrons. The highest BCUT2D eigenvalue weighted by atomic mass is 19.1. The first-order chi connectivity index (χ1) is 18.6. The number of hydrogen-bond acceptors (Lipinski definition) is 6. The molecule has 0 spiro atoms. The highest BCUT2D eigenvalue weighted by Gasteiger charge is 2.37. The van der Waals surface area contributed by atoms with Crippen LogP contribution in [0.2, 0.25) is 0 Å². The van der Waals surface area contributed by atoms with Gasteiger partial charge in [-0.05, 0) is 59.7 Å². The molecule has 9 nitrogen and oxygen atoms in total. The molecule has 0 bridgehead atoms. The zero-order chi connectivity index (χ0) is 27.5. The van der Waals surface area contributed by atoms with E-state index in [1.54, 1.807) is 36.5 Å². The van der Waals surface area contributed by atoms with Gasteiger partial charge in [-0.15, -0.1) is 0 Å². The van der Waals surface area contributed by atoms with Crippen molar-refractivity contribution in [3.05, 3.63) is 87.7 Å². The highest BCUT2D eigenvalue weighted by Crippen LogP contribution is 2.40. The number of halogens is 1. The normalized spacial score (nSPS) is 15.8. The van der Waals surface area contributed by atoms with Crippen molar-refractivity contribution in [3.63, 3.8) is 0 Å². The summed E-state index contributed by atoms with van der Waals surface area (Å²) in [6.45, 7) is 4.99. The fourth-order valence-electron chi connectivity index (χ4n) is 5.88. The van der Waals surface area contributed by atoms with Gasteiger partial charge in [-0.2, -0.15) is 0 Å². The van der Waals surface area contributed by atoms with Crippen LogP contribution in [0.5, 0.6) is 0 Å². The molecule has 0 saturated heterocycles. The molecule has 0 unspecified atom stereocenters. The average Bonchev–Trinajstić information content (AvgIpc) is 3.39. The molecule has 1 aliphatic heterocycles. The number of aliphatic hydroxyl groups is 1. The van der Waals surface area contributed by atoms with Gasteiger partial charge in [0.05, 0.1) is 12.3 Å². The zero-order valence-corrected chi connectivity index (χ0v) is 22.0. The molecule has 4 heterocycles. The van der Waals surface area contributed by atoms with Crippen LogP contribution >= 0.6 is 0 Å². The molecule has 6 rings (SSSR count). The fraction of sp³-hybridized carbons (Fsp3) is 0.310. The summed E-state index contributed by atoms with van der Waals surface area (Å²) in [5, 5.41) is 13.5. The second kappa shape index (κ2) is 9.16. The SMILES string of the molecule is Cn1cc(-c2cc(F)cc(N3CCn4c(cc5c4CC(C)(C)C5)C3=O)c2CO)cc(Nc2ccncn2)c1=O. The van der Waals surface area contributed by atoms with E-state index in [0.717, 1.165) is 12.8 Å². The molecule has 200 valence electrons. The van der Waals surface area contributed by atoms with Crippen molar-refractivity contribution in [1.82, 2.24) is 19.1 Å². The van der Waals surface area contributed by atoms with Crippen LogP contribution in [0.15, 0.2) is 53.8 Å². The van der Waals surface area contributed by atoms with Gasteiger partial charge in [-0.3, -0.25) is 9.59 Å². The molecule has 0 saturated carbocycles. The molecule has 39 heavy (non-hydrogen) atoms. The second-order valence-corrected chi connectivity index (χ2v) is 11.0. The first-order valence-corrected chi connectivity index (χ1v) is 12.9. The van der Waals surface area contributed by atoms with Crippen LogP contribution < -0.4 is 15.8 Å². The summed E-state index contributed by atoms with van der Waals surface area (Å²) in [5.74, 6) is -0.334. The van der Waals surface area contributed by atoms with Crippen LogP contribution in [0, 0.1) is 11.2 Å². The third kappa shape index (κ3) is 4.30. The Kier molecular flexibility index (Phi) is 5.87. The molecule has 2 aliphatic rings. The van der Waals surface area contributed by atoms with Crippen molar-refractivity contribution in [3.8, 4) is 11.1 Å². The highest BCUT2D eigenvalue weighted by molar-refractivity contribution is 6.07. The van der Waals surface area contributed by atoms with Gasteiger partial charge >= 0.3 is 0 Å². The molecule has 3 aromatic heterocycles. The molecule has 4 aromatic rings. The van der Waals surface area contributed by atoms with E-state index >= 15 is 4.39 Å². The van der Waals surface area contributed by atoms with Gasteiger partial charge in [-0.25, -0.2) is 14.4 Å². The van der Waals surface area contributed by atoms with Crippen molar-refractivity contribution in [2.24, 2.45) is 12.5 Å². The number of nitrogens with zero attached hydrogens (tertiary/aromatic N) is 5. The number of fused-ring (bicyclic) bond motifs is 3. The Balaban J connectivity index is 1.41. The van der Waals surface area contributed by atoms with Crippen molar-refractivity contribution in [2.75, 3.05) is 16.8 Å². The van der Waals surface area contributed by atoms with E-state index in [1.807, 2.05) is 6.07 Å². The van der Waals surface area contributed by atoms with Crippen molar-refractivity contribution in [2.45, 2.75) is 39.8 Å². The zero-order valence-electron chi connectivity index (χ0n) is 22.0. The van der Waals surface area contributed by atoms with Crippen LogP contribution in [0.1, 0.15) is 41.2 Å². The summed E-state index contributed by atoms with van der Waals surface area (Å²) in [4.78, 5) is 36.1.